The smallest absolute Gasteiger partial charge is 0.366 e. The number of aromatic nitrogens is 3. The summed E-state index contributed by atoms with van der Waals surface area (Å²) in [6, 6.07) is 10.6. The molecule has 4 rings (SSSR count). The minimum absolute atomic E-state index is 0.119. The second-order valence-corrected chi connectivity index (χ2v) is 6.59. The van der Waals surface area contributed by atoms with Crippen molar-refractivity contribution < 1.29 is 18.8 Å². The SMILES string of the molecule is Cc1nc(-c2cccc(F)c2)ncc1C(=O)On1cc(C(N)=O)c2cc(N)ccc21. The monoisotopic (exact) mass is 405 g/mol. The lowest BCUT2D eigenvalue weighted by Crippen LogP contribution is -2.21. The number of aryl methyl sites for hydroxylation is 1. The Kier molecular flexibility index (Phi) is 4.63. The largest absolute Gasteiger partial charge is 0.399 e. The lowest BCUT2D eigenvalue weighted by molar-refractivity contribution is 0.0479. The number of nitrogen functional groups attached to an aromatic ring is 1. The van der Waals surface area contributed by atoms with Crippen LogP contribution in [0.15, 0.2) is 54.9 Å². The average molecular weight is 405 g/mol. The topological polar surface area (TPSA) is 126 Å². The third kappa shape index (κ3) is 3.44. The van der Waals surface area contributed by atoms with Crippen LogP contribution in [0.4, 0.5) is 10.1 Å². The third-order valence-electron chi connectivity index (χ3n) is 4.52. The molecule has 0 saturated carbocycles. The van der Waals surface area contributed by atoms with Crippen LogP contribution in [0.3, 0.4) is 0 Å². The lowest BCUT2D eigenvalue weighted by Gasteiger charge is -2.09. The molecular formula is C21H16FN5O3. The summed E-state index contributed by atoms with van der Waals surface area (Å²) in [5.41, 5.74) is 13.2. The molecular weight excluding hydrogens is 389 g/mol. The number of carbonyl (C=O) groups excluding carboxylic acids is 2. The van der Waals surface area contributed by atoms with Crippen LogP contribution in [-0.2, 0) is 0 Å². The van der Waals surface area contributed by atoms with Gasteiger partial charge >= 0.3 is 5.97 Å². The molecule has 8 nitrogen and oxygen atoms in total. The fraction of sp³-hybridized carbons (Fsp3) is 0.0476. The normalized spacial score (nSPS) is 10.9. The van der Waals surface area contributed by atoms with Gasteiger partial charge in [-0.2, -0.15) is 4.73 Å². The number of hydrogen-bond donors (Lipinski definition) is 2. The minimum Gasteiger partial charge on any atom is -0.399 e. The maximum Gasteiger partial charge on any atom is 0.366 e. The van der Waals surface area contributed by atoms with Gasteiger partial charge < -0.3 is 16.3 Å². The molecule has 0 radical (unpaired) electrons. The van der Waals surface area contributed by atoms with Crippen molar-refractivity contribution in [3.05, 3.63) is 77.5 Å². The van der Waals surface area contributed by atoms with Gasteiger partial charge in [-0.15, -0.1) is 0 Å². The van der Waals surface area contributed by atoms with E-state index < -0.39 is 17.7 Å². The number of primary amides is 1. The van der Waals surface area contributed by atoms with Gasteiger partial charge in [-0.05, 0) is 37.3 Å². The molecule has 2 aromatic carbocycles. The van der Waals surface area contributed by atoms with E-state index in [9.17, 15) is 14.0 Å². The van der Waals surface area contributed by atoms with Gasteiger partial charge in [-0.3, -0.25) is 4.79 Å². The van der Waals surface area contributed by atoms with E-state index >= 15 is 0 Å². The Morgan fingerprint density at radius 2 is 1.93 bits per heavy atom. The predicted molar refractivity (Wildman–Crippen MR) is 108 cm³/mol. The summed E-state index contributed by atoms with van der Waals surface area (Å²) >= 11 is 0. The van der Waals surface area contributed by atoms with E-state index in [1.807, 2.05) is 0 Å². The van der Waals surface area contributed by atoms with Crippen molar-refractivity contribution >= 4 is 28.5 Å². The van der Waals surface area contributed by atoms with Crippen LogP contribution in [0, 0.1) is 12.7 Å². The van der Waals surface area contributed by atoms with Gasteiger partial charge in [0.15, 0.2) is 5.82 Å². The number of nitrogens with zero attached hydrogens (tertiary/aromatic N) is 3. The Bertz CT molecular complexity index is 1320. The maximum atomic E-state index is 13.4. The summed E-state index contributed by atoms with van der Waals surface area (Å²) in [7, 11) is 0. The number of rotatable bonds is 4. The second kappa shape index (κ2) is 7.28. The Morgan fingerprint density at radius 3 is 2.63 bits per heavy atom. The predicted octanol–water partition coefficient (Wildman–Crippen LogP) is 2.50. The molecule has 9 heteroatoms. The van der Waals surface area contributed by atoms with Crippen LogP contribution in [0.2, 0.25) is 0 Å². The zero-order valence-corrected chi connectivity index (χ0v) is 15.8. The van der Waals surface area contributed by atoms with Crippen LogP contribution >= 0.6 is 0 Å². The van der Waals surface area contributed by atoms with Gasteiger partial charge in [0.2, 0.25) is 0 Å². The first-order valence-electron chi connectivity index (χ1n) is 8.86. The molecule has 4 N–H and O–H groups in total. The molecule has 0 spiro atoms. The number of benzene rings is 2. The summed E-state index contributed by atoms with van der Waals surface area (Å²) in [4.78, 5) is 38.3. The molecule has 4 aromatic rings. The first-order valence-corrected chi connectivity index (χ1v) is 8.86. The van der Waals surface area contributed by atoms with Crippen molar-refractivity contribution in [3.63, 3.8) is 0 Å². The van der Waals surface area contributed by atoms with E-state index in [-0.39, 0.29) is 17.0 Å². The molecule has 0 aliphatic rings. The van der Waals surface area contributed by atoms with Crippen LogP contribution < -0.4 is 16.3 Å². The summed E-state index contributed by atoms with van der Waals surface area (Å²) in [6.45, 7) is 1.62. The first kappa shape index (κ1) is 19.1. The molecule has 2 aromatic heterocycles. The zero-order chi connectivity index (χ0) is 21.4. The van der Waals surface area contributed by atoms with Crippen LogP contribution in [-0.4, -0.2) is 26.6 Å². The van der Waals surface area contributed by atoms with Crippen molar-refractivity contribution in [2.75, 3.05) is 5.73 Å². The molecule has 1 amide bonds. The Balaban J connectivity index is 1.67. The molecule has 0 saturated heterocycles. The van der Waals surface area contributed by atoms with E-state index in [4.69, 9.17) is 16.3 Å². The van der Waals surface area contributed by atoms with Crippen molar-refractivity contribution in [3.8, 4) is 11.4 Å². The van der Waals surface area contributed by atoms with E-state index in [2.05, 4.69) is 9.97 Å². The number of halogens is 1. The van der Waals surface area contributed by atoms with Gasteiger partial charge in [-0.25, -0.2) is 19.2 Å². The molecule has 0 bridgehead atoms. The molecule has 30 heavy (non-hydrogen) atoms. The number of fused-ring (bicyclic) bond motifs is 1. The summed E-state index contributed by atoms with van der Waals surface area (Å²) < 4.78 is 14.6. The van der Waals surface area contributed by atoms with Gasteiger partial charge in [0.05, 0.1) is 23.0 Å². The van der Waals surface area contributed by atoms with Crippen LogP contribution in [0.5, 0.6) is 0 Å². The summed E-state index contributed by atoms with van der Waals surface area (Å²) in [6.07, 6.45) is 2.63. The first-order chi connectivity index (χ1) is 14.3. The lowest BCUT2D eigenvalue weighted by atomic mass is 10.1. The van der Waals surface area contributed by atoms with Crippen molar-refractivity contribution in [2.24, 2.45) is 5.73 Å². The molecule has 0 aliphatic heterocycles. The van der Waals surface area contributed by atoms with Gasteiger partial charge in [0, 0.05) is 22.8 Å². The highest BCUT2D eigenvalue weighted by atomic mass is 19.1. The number of anilines is 1. The molecule has 0 atom stereocenters. The molecule has 0 fully saturated rings. The number of amides is 1. The van der Waals surface area contributed by atoms with Crippen molar-refractivity contribution in [1.29, 1.82) is 0 Å². The van der Waals surface area contributed by atoms with E-state index in [1.165, 1.54) is 24.5 Å². The highest BCUT2D eigenvalue weighted by Gasteiger charge is 2.19. The highest BCUT2D eigenvalue weighted by molar-refractivity contribution is 6.07. The highest BCUT2D eigenvalue weighted by Crippen LogP contribution is 2.23. The standard InChI is InChI=1S/C21H16FN5O3/c1-11-16(9-25-20(26-11)12-3-2-4-13(22)7-12)21(29)30-27-10-17(19(24)28)15-8-14(23)5-6-18(15)27/h2-10H,23H2,1H3,(H2,24,28). The fourth-order valence-electron chi connectivity index (χ4n) is 3.06. The molecule has 150 valence electrons. The van der Waals surface area contributed by atoms with E-state index in [1.54, 1.807) is 37.3 Å². The number of hydrogen-bond acceptors (Lipinski definition) is 6. The molecule has 0 aliphatic carbocycles. The Hall–Kier alpha value is -4.27. The van der Waals surface area contributed by atoms with E-state index in [0.29, 0.717) is 27.8 Å². The average Bonchev–Trinajstić information content (AvgIpc) is 3.05. The second-order valence-electron chi connectivity index (χ2n) is 6.59. The Morgan fingerprint density at radius 1 is 1.13 bits per heavy atom. The molecule has 2 heterocycles. The minimum atomic E-state index is -0.733. The van der Waals surface area contributed by atoms with Crippen molar-refractivity contribution in [1.82, 2.24) is 14.7 Å². The van der Waals surface area contributed by atoms with Gasteiger partial charge in [0.1, 0.15) is 11.4 Å². The number of nitrogens with two attached hydrogens (primary N) is 2. The third-order valence-corrected chi connectivity index (χ3v) is 4.52. The Labute approximate surface area is 169 Å². The quantitative estimate of drug-likeness (QED) is 0.503. The molecule has 0 unspecified atom stereocenters. The van der Waals surface area contributed by atoms with Crippen LogP contribution in [0.1, 0.15) is 26.4 Å². The number of carbonyl (C=O) groups is 2. The maximum absolute atomic E-state index is 13.4. The summed E-state index contributed by atoms with van der Waals surface area (Å²) in [5.74, 6) is -1.55. The van der Waals surface area contributed by atoms with E-state index in [0.717, 1.165) is 4.73 Å². The van der Waals surface area contributed by atoms with Gasteiger partial charge in [-0.1, -0.05) is 12.1 Å². The van der Waals surface area contributed by atoms with Crippen molar-refractivity contribution in [2.45, 2.75) is 6.92 Å². The fourth-order valence-corrected chi connectivity index (χ4v) is 3.06. The zero-order valence-electron chi connectivity index (χ0n) is 15.8. The van der Waals surface area contributed by atoms with Gasteiger partial charge in [0.25, 0.3) is 5.91 Å². The van der Waals surface area contributed by atoms with Crippen LogP contribution in [0.25, 0.3) is 22.3 Å². The summed E-state index contributed by atoms with van der Waals surface area (Å²) in [5, 5.41) is 0.463.